The quantitative estimate of drug-likeness (QED) is 0.727. The van der Waals surface area contributed by atoms with Crippen LogP contribution in [-0.2, 0) is 16.0 Å². The van der Waals surface area contributed by atoms with E-state index in [4.69, 9.17) is 19.2 Å². The number of methoxy groups -OCH3 is 2. The SMILES string of the molecule is COc1ccc(OC)c(CC(=O)NC2CCN(c3nccc(C4CCOCC4)n3)C2)c1. The van der Waals surface area contributed by atoms with Gasteiger partial charge in [-0.05, 0) is 43.5 Å². The first kappa shape index (κ1) is 21.4. The minimum atomic E-state index is -0.0322. The summed E-state index contributed by atoms with van der Waals surface area (Å²) in [4.78, 5) is 24.1. The van der Waals surface area contributed by atoms with Crippen LogP contribution < -0.4 is 19.7 Å². The van der Waals surface area contributed by atoms with Gasteiger partial charge in [-0.2, -0.15) is 0 Å². The molecule has 8 heteroatoms. The van der Waals surface area contributed by atoms with E-state index in [1.807, 2.05) is 30.5 Å². The monoisotopic (exact) mass is 426 g/mol. The number of carbonyl (C=O) groups excluding carboxylic acids is 1. The summed E-state index contributed by atoms with van der Waals surface area (Å²) in [5.74, 6) is 2.54. The smallest absolute Gasteiger partial charge is 0.225 e. The zero-order valence-corrected chi connectivity index (χ0v) is 18.2. The van der Waals surface area contributed by atoms with Crippen molar-refractivity contribution in [2.24, 2.45) is 0 Å². The second-order valence-electron chi connectivity index (χ2n) is 8.02. The van der Waals surface area contributed by atoms with Gasteiger partial charge in [-0.3, -0.25) is 4.79 Å². The second-order valence-corrected chi connectivity index (χ2v) is 8.02. The molecular formula is C23H30N4O4. The van der Waals surface area contributed by atoms with E-state index < -0.39 is 0 Å². The summed E-state index contributed by atoms with van der Waals surface area (Å²) in [6.45, 7) is 3.11. The van der Waals surface area contributed by atoms with Crippen LogP contribution in [0.15, 0.2) is 30.5 Å². The number of benzene rings is 1. The van der Waals surface area contributed by atoms with Crippen molar-refractivity contribution in [2.45, 2.75) is 37.6 Å². The van der Waals surface area contributed by atoms with E-state index in [1.165, 1.54) is 0 Å². The van der Waals surface area contributed by atoms with Crippen molar-refractivity contribution in [1.82, 2.24) is 15.3 Å². The molecule has 2 aliphatic rings. The Morgan fingerprint density at radius 3 is 2.81 bits per heavy atom. The van der Waals surface area contributed by atoms with E-state index in [2.05, 4.69) is 15.2 Å². The highest BCUT2D eigenvalue weighted by molar-refractivity contribution is 5.80. The Kier molecular flexibility index (Phi) is 6.86. The lowest BCUT2D eigenvalue weighted by molar-refractivity contribution is -0.121. The van der Waals surface area contributed by atoms with Gasteiger partial charge in [-0.25, -0.2) is 9.97 Å². The molecule has 1 N–H and O–H groups in total. The highest BCUT2D eigenvalue weighted by atomic mass is 16.5. The minimum absolute atomic E-state index is 0.0322. The molecule has 4 rings (SSSR count). The summed E-state index contributed by atoms with van der Waals surface area (Å²) in [6, 6.07) is 7.57. The molecule has 0 radical (unpaired) electrons. The van der Waals surface area contributed by atoms with Crippen LogP contribution in [0.25, 0.3) is 0 Å². The number of ether oxygens (including phenoxy) is 3. The topological polar surface area (TPSA) is 85.8 Å². The average molecular weight is 427 g/mol. The number of hydrogen-bond donors (Lipinski definition) is 1. The molecule has 166 valence electrons. The number of nitrogens with one attached hydrogen (secondary N) is 1. The maximum Gasteiger partial charge on any atom is 0.225 e. The summed E-state index contributed by atoms with van der Waals surface area (Å²) in [7, 11) is 3.21. The predicted octanol–water partition coefficient (Wildman–Crippen LogP) is 2.33. The Hall–Kier alpha value is -2.87. The molecule has 2 aliphatic heterocycles. The third-order valence-corrected chi connectivity index (χ3v) is 5.98. The molecular weight excluding hydrogens is 396 g/mol. The van der Waals surface area contributed by atoms with E-state index in [0.29, 0.717) is 24.0 Å². The van der Waals surface area contributed by atoms with E-state index in [1.54, 1.807) is 14.2 Å². The van der Waals surface area contributed by atoms with Gasteiger partial charge in [-0.15, -0.1) is 0 Å². The number of aromatic nitrogens is 2. The van der Waals surface area contributed by atoms with Crippen LogP contribution in [0.3, 0.4) is 0 Å². The zero-order valence-electron chi connectivity index (χ0n) is 18.2. The first-order valence-electron chi connectivity index (χ1n) is 10.8. The molecule has 2 fully saturated rings. The van der Waals surface area contributed by atoms with Crippen LogP contribution in [0.2, 0.25) is 0 Å². The summed E-state index contributed by atoms with van der Waals surface area (Å²) in [5.41, 5.74) is 1.90. The van der Waals surface area contributed by atoms with Crippen LogP contribution in [0.5, 0.6) is 11.5 Å². The van der Waals surface area contributed by atoms with Crippen LogP contribution in [-0.4, -0.2) is 62.4 Å². The first-order chi connectivity index (χ1) is 15.2. The van der Waals surface area contributed by atoms with Crippen molar-refractivity contribution >= 4 is 11.9 Å². The fourth-order valence-corrected chi connectivity index (χ4v) is 4.27. The molecule has 2 aromatic rings. The van der Waals surface area contributed by atoms with Crippen molar-refractivity contribution in [2.75, 3.05) is 45.4 Å². The number of nitrogens with zero attached hydrogens (tertiary/aromatic N) is 3. The Labute approximate surface area is 182 Å². The van der Waals surface area contributed by atoms with Crippen LogP contribution in [0.1, 0.15) is 36.4 Å². The van der Waals surface area contributed by atoms with Crippen LogP contribution in [0, 0.1) is 0 Å². The highest BCUT2D eigenvalue weighted by Crippen LogP contribution is 2.27. The van der Waals surface area contributed by atoms with Gasteiger partial charge >= 0.3 is 0 Å². The van der Waals surface area contributed by atoms with Gasteiger partial charge in [0.05, 0.1) is 20.6 Å². The Morgan fingerprint density at radius 2 is 2.03 bits per heavy atom. The fourth-order valence-electron chi connectivity index (χ4n) is 4.27. The fraction of sp³-hybridized carbons (Fsp3) is 0.522. The minimum Gasteiger partial charge on any atom is -0.497 e. The number of amides is 1. The standard InChI is InChI=1S/C23H30N4O4/c1-29-19-3-4-21(30-2)17(13-19)14-22(28)25-18-6-10-27(15-18)23-24-9-5-20(26-23)16-7-11-31-12-8-16/h3-5,9,13,16,18H,6-8,10-12,14-15H2,1-2H3,(H,25,28). The molecule has 1 amide bonds. The van der Waals surface area contributed by atoms with E-state index in [0.717, 1.165) is 56.2 Å². The van der Waals surface area contributed by atoms with Gasteiger partial charge in [0.25, 0.3) is 0 Å². The van der Waals surface area contributed by atoms with Gasteiger partial charge in [0.1, 0.15) is 11.5 Å². The Balaban J connectivity index is 1.35. The molecule has 3 heterocycles. The van der Waals surface area contributed by atoms with Crippen molar-refractivity contribution in [3.8, 4) is 11.5 Å². The van der Waals surface area contributed by atoms with Gasteiger partial charge in [0, 0.05) is 55.7 Å². The number of anilines is 1. The van der Waals surface area contributed by atoms with E-state index in [-0.39, 0.29) is 18.4 Å². The molecule has 0 spiro atoms. The van der Waals surface area contributed by atoms with Crippen molar-refractivity contribution in [3.63, 3.8) is 0 Å². The predicted molar refractivity (Wildman–Crippen MR) is 117 cm³/mol. The summed E-state index contributed by atoms with van der Waals surface area (Å²) in [6.07, 6.45) is 4.96. The van der Waals surface area contributed by atoms with E-state index in [9.17, 15) is 4.79 Å². The molecule has 0 saturated carbocycles. The Bertz CT molecular complexity index is 901. The largest absolute Gasteiger partial charge is 0.497 e. The first-order valence-corrected chi connectivity index (χ1v) is 10.8. The number of carbonyl (C=O) groups is 1. The van der Waals surface area contributed by atoms with Gasteiger partial charge < -0.3 is 24.4 Å². The number of hydrogen-bond acceptors (Lipinski definition) is 7. The number of rotatable bonds is 7. The van der Waals surface area contributed by atoms with Crippen LogP contribution in [0.4, 0.5) is 5.95 Å². The van der Waals surface area contributed by atoms with Gasteiger partial charge in [0.15, 0.2) is 0 Å². The third kappa shape index (κ3) is 5.25. The van der Waals surface area contributed by atoms with Gasteiger partial charge in [0.2, 0.25) is 11.9 Å². The van der Waals surface area contributed by atoms with Crippen molar-refractivity contribution < 1.29 is 19.0 Å². The van der Waals surface area contributed by atoms with Crippen molar-refractivity contribution in [3.05, 3.63) is 41.7 Å². The lowest BCUT2D eigenvalue weighted by atomic mass is 9.96. The molecule has 0 bridgehead atoms. The maximum absolute atomic E-state index is 12.7. The summed E-state index contributed by atoms with van der Waals surface area (Å²) >= 11 is 0. The molecule has 1 aromatic carbocycles. The molecule has 1 unspecified atom stereocenters. The van der Waals surface area contributed by atoms with Crippen LogP contribution >= 0.6 is 0 Å². The molecule has 8 nitrogen and oxygen atoms in total. The zero-order chi connectivity index (χ0) is 21.6. The molecule has 0 aliphatic carbocycles. The van der Waals surface area contributed by atoms with E-state index >= 15 is 0 Å². The lowest BCUT2D eigenvalue weighted by Crippen LogP contribution is -2.38. The Morgan fingerprint density at radius 1 is 1.19 bits per heavy atom. The molecule has 1 aromatic heterocycles. The molecule has 31 heavy (non-hydrogen) atoms. The van der Waals surface area contributed by atoms with Crippen molar-refractivity contribution in [1.29, 1.82) is 0 Å². The average Bonchev–Trinajstić information content (AvgIpc) is 3.28. The molecule has 2 saturated heterocycles. The maximum atomic E-state index is 12.7. The molecule has 1 atom stereocenters. The third-order valence-electron chi connectivity index (χ3n) is 5.98. The lowest BCUT2D eigenvalue weighted by Gasteiger charge is -2.23. The summed E-state index contributed by atoms with van der Waals surface area (Å²) < 4.78 is 16.1. The van der Waals surface area contributed by atoms with Gasteiger partial charge in [-0.1, -0.05) is 0 Å². The normalized spacial score (nSPS) is 19.3. The highest BCUT2D eigenvalue weighted by Gasteiger charge is 2.27. The summed E-state index contributed by atoms with van der Waals surface area (Å²) in [5, 5.41) is 3.14. The second kappa shape index (κ2) is 9.96.